The van der Waals surface area contributed by atoms with Crippen LogP contribution in [0.1, 0.15) is 40.9 Å². The number of halogens is 3. The molecule has 0 aliphatic carbocycles. The summed E-state index contributed by atoms with van der Waals surface area (Å²) in [6.07, 6.45) is -2.35. The van der Waals surface area contributed by atoms with E-state index in [0.29, 0.717) is 44.0 Å². The number of alkyl halides is 3. The van der Waals surface area contributed by atoms with E-state index in [1.807, 2.05) is 48.9 Å². The van der Waals surface area contributed by atoms with Crippen LogP contribution in [0.25, 0.3) is 11.3 Å². The predicted molar refractivity (Wildman–Crippen MR) is 140 cm³/mol. The SMILES string of the molecule is Cc1c(C(=O)Nc2cccc(C(F)(F)F)c2)cc(-c2ccccc2)n1CCCN(C)C(=O)C1CCOCC1. The Morgan fingerprint density at radius 2 is 1.76 bits per heavy atom. The number of benzene rings is 2. The van der Waals surface area contributed by atoms with Gasteiger partial charge in [0.1, 0.15) is 0 Å². The maximum absolute atomic E-state index is 13.2. The first kappa shape index (κ1) is 27.4. The highest BCUT2D eigenvalue weighted by molar-refractivity contribution is 6.06. The van der Waals surface area contributed by atoms with Crippen LogP contribution < -0.4 is 5.32 Å². The molecule has 2 aromatic carbocycles. The van der Waals surface area contributed by atoms with Crippen molar-refractivity contribution in [3.05, 3.63) is 77.5 Å². The van der Waals surface area contributed by atoms with Gasteiger partial charge in [-0.15, -0.1) is 0 Å². The second kappa shape index (κ2) is 11.9. The fourth-order valence-corrected chi connectivity index (χ4v) is 4.82. The lowest BCUT2D eigenvalue weighted by Crippen LogP contribution is -2.36. The van der Waals surface area contributed by atoms with Crippen molar-refractivity contribution in [3.63, 3.8) is 0 Å². The number of aromatic nitrogens is 1. The van der Waals surface area contributed by atoms with Crippen molar-refractivity contribution in [2.24, 2.45) is 5.92 Å². The number of amides is 2. The summed E-state index contributed by atoms with van der Waals surface area (Å²) in [5.74, 6) is -0.361. The molecule has 1 aliphatic rings. The Kier molecular flexibility index (Phi) is 8.56. The monoisotopic (exact) mass is 527 g/mol. The van der Waals surface area contributed by atoms with Gasteiger partial charge in [0.15, 0.2) is 0 Å². The fraction of sp³-hybridized carbons (Fsp3) is 0.379. The second-order valence-corrected chi connectivity index (χ2v) is 9.58. The van der Waals surface area contributed by atoms with Gasteiger partial charge in [-0.05, 0) is 56.0 Å². The highest BCUT2D eigenvalue weighted by Gasteiger charge is 2.30. The van der Waals surface area contributed by atoms with Gasteiger partial charge in [0.2, 0.25) is 5.91 Å². The zero-order valence-corrected chi connectivity index (χ0v) is 21.6. The number of carbonyl (C=O) groups excluding carboxylic acids is 2. The molecule has 0 atom stereocenters. The normalized spacial score (nSPS) is 14.3. The second-order valence-electron chi connectivity index (χ2n) is 9.58. The molecule has 1 N–H and O–H groups in total. The average Bonchev–Trinajstić information content (AvgIpc) is 3.25. The number of carbonyl (C=O) groups is 2. The molecule has 0 saturated carbocycles. The van der Waals surface area contributed by atoms with Crippen molar-refractivity contribution in [2.45, 2.75) is 38.9 Å². The lowest BCUT2D eigenvalue weighted by Gasteiger charge is -2.26. The molecule has 1 aromatic heterocycles. The first-order valence-electron chi connectivity index (χ1n) is 12.7. The maximum atomic E-state index is 13.2. The molecule has 2 heterocycles. The molecule has 9 heteroatoms. The Bertz CT molecular complexity index is 1270. The summed E-state index contributed by atoms with van der Waals surface area (Å²) in [6.45, 7) is 4.17. The Morgan fingerprint density at radius 3 is 2.45 bits per heavy atom. The Balaban J connectivity index is 1.52. The van der Waals surface area contributed by atoms with E-state index in [9.17, 15) is 22.8 Å². The van der Waals surface area contributed by atoms with Crippen LogP contribution >= 0.6 is 0 Å². The van der Waals surface area contributed by atoms with Crippen molar-refractivity contribution >= 4 is 17.5 Å². The number of nitrogens with one attached hydrogen (secondary N) is 1. The van der Waals surface area contributed by atoms with Gasteiger partial charge in [-0.1, -0.05) is 36.4 Å². The summed E-state index contributed by atoms with van der Waals surface area (Å²) in [5, 5.41) is 2.61. The van der Waals surface area contributed by atoms with E-state index in [1.54, 1.807) is 11.0 Å². The Labute approximate surface area is 220 Å². The van der Waals surface area contributed by atoms with Crippen molar-refractivity contribution in [2.75, 3.05) is 32.1 Å². The van der Waals surface area contributed by atoms with E-state index in [0.717, 1.165) is 36.2 Å². The van der Waals surface area contributed by atoms with Crippen LogP contribution in [0.2, 0.25) is 0 Å². The molecule has 0 spiro atoms. The third kappa shape index (κ3) is 6.45. The molecule has 0 radical (unpaired) electrons. The van der Waals surface area contributed by atoms with E-state index in [1.165, 1.54) is 12.1 Å². The number of rotatable bonds is 8. The van der Waals surface area contributed by atoms with Crippen molar-refractivity contribution in [1.29, 1.82) is 0 Å². The van der Waals surface area contributed by atoms with Crippen molar-refractivity contribution in [1.82, 2.24) is 9.47 Å². The molecular weight excluding hydrogens is 495 g/mol. The van der Waals surface area contributed by atoms with Crippen LogP contribution in [-0.2, 0) is 22.3 Å². The van der Waals surface area contributed by atoms with Crippen LogP contribution in [-0.4, -0.2) is 48.1 Å². The number of ether oxygens (including phenoxy) is 1. The van der Waals surface area contributed by atoms with E-state index < -0.39 is 17.6 Å². The van der Waals surface area contributed by atoms with Crippen molar-refractivity contribution in [3.8, 4) is 11.3 Å². The minimum atomic E-state index is -4.50. The van der Waals surface area contributed by atoms with Gasteiger partial charge in [-0.2, -0.15) is 13.2 Å². The molecule has 4 rings (SSSR count). The van der Waals surface area contributed by atoms with Gasteiger partial charge < -0.3 is 19.5 Å². The topological polar surface area (TPSA) is 63.6 Å². The van der Waals surface area contributed by atoms with Crippen LogP contribution in [0.3, 0.4) is 0 Å². The number of nitrogens with zero attached hydrogens (tertiary/aromatic N) is 2. The number of hydrogen-bond acceptors (Lipinski definition) is 3. The first-order valence-corrected chi connectivity index (χ1v) is 12.7. The summed E-state index contributed by atoms with van der Waals surface area (Å²) >= 11 is 0. The van der Waals surface area contributed by atoms with E-state index in [2.05, 4.69) is 5.32 Å². The van der Waals surface area contributed by atoms with Gasteiger partial charge >= 0.3 is 6.18 Å². The summed E-state index contributed by atoms with van der Waals surface area (Å²) in [7, 11) is 1.81. The van der Waals surface area contributed by atoms with Crippen LogP contribution in [0.15, 0.2) is 60.7 Å². The van der Waals surface area contributed by atoms with Gasteiger partial charge in [0, 0.05) is 56.3 Å². The lowest BCUT2D eigenvalue weighted by molar-refractivity contribution is -0.138. The smallest absolute Gasteiger partial charge is 0.381 e. The Morgan fingerprint density at radius 1 is 1.05 bits per heavy atom. The molecule has 202 valence electrons. The largest absolute Gasteiger partial charge is 0.416 e. The summed E-state index contributed by atoms with van der Waals surface area (Å²) in [5.41, 5.74) is 2.08. The fourth-order valence-electron chi connectivity index (χ4n) is 4.82. The Hall–Kier alpha value is -3.59. The third-order valence-electron chi connectivity index (χ3n) is 6.95. The summed E-state index contributed by atoms with van der Waals surface area (Å²) in [6, 6.07) is 16.0. The molecular formula is C29H32F3N3O3. The van der Waals surface area contributed by atoms with E-state index in [4.69, 9.17) is 4.74 Å². The van der Waals surface area contributed by atoms with Gasteiger partial charge in [-0.25, -0.2) is 0 Å². The lowest BCUT2D eigenvalue weighted by atomic mass is 9.99. The molecule has 0 bridgehead atoms. The molecule has 38 heavy (non-hydrogen) atoms. The van der Waals surface area contributed by atoms with E-state index >= 15 is 0 Å². The van der Waals surface area contributed by atoms with Crippen molar-refractivity contribution < 1.29 is 27.5 Å². The average molecular weight is 528 g/mol. The highest BCUT2D eigenvalue weighted by Crippen LogP contribution is 2.31. The maximum Gasteiger partial charge on any atom is 0.416 e. The van der Waals surface area contributed by atoms with Gasteiger partial charge in [-0.3, -0.25) is 9.59 Å². The van der Waals surface area contributed by atoms with Crippen LogP contribution in [0, 0.1) is 12.8 Å². The number of hydrogen-bond donors (Lipinski definition) is 1. The molecule has 1 saturated heterocycles. The number of anilines is 1. The predicted octanol–water partition coefficient (Wildman–Crippen LogP) is 6.01. The summed E-state index contributed by atoms with van der Waals surface area (Å²) in [4.78, 5) is 27.7. The molecule has 6 nitrogen and oxygen atoms in total. The third-order valence-corrected chi connectivity index (χ3v) is 6.95. The molecule has 1 fully saturated rings. The molecule has 2 amide bonds. The molecule has 3 aromatic rings. The van der Waals surface area contributed by atoms with Gasteiger partial charge in [0.05, 0.1) is 11.1 Å². The van der Waals surface area contributed by atoms with E-state index in [-0.39, 0.29) is 17.5 Å². The zero-order valence-electron chi connectivity index (χ0n) is 21.6. The highest BCUT2D eigenvalue weighted by atomic mass is 19.4. The molecule has 0 unspecified atom stereocenters. The minimum absolute atomic E-state index is 0.00640. The zero-order chi connectivity index (χ0) is 27.3. The van der Waals surface area contributed by atoms with Gasteiger partial charge in [0.25, 0.3) is 5.91 Å². The van der Waals surface area contributed by atoms with Crippen LogP contribution in [0.5, 0.6) is 0 Å². The standard InChI is InChI=1S/C29H32F3N3O3/c1-20-25(27(36)33-24-11-6-10-23(18-24)29(30,31)32)19-26(21-8-4-3-5-9-21)35(20)15-7-14-34(2)28(37)22-12-16-38-17-13-22/h3-6,8-11,18-19,22H,7,12-17H2,1-2H3,(H,33,36). The van der Waals surface area contributed by atoms with Crippen LogP contribution in [0.4, 0.5) is 18.9 Å². The minimum Gasteiger partial charge on any atom is -0.381 e. The molecule has 1 aliphatic heterocycles. The first-order chi connectivity index (χ1) is 18.1. The quantitative estimate of drug-likeness (QED) is 0.390. The summed E-state index contributed by atoms with van der Waals surface area (Å²) < 4.78 is 46.8.